The smallest absolute Gasteiger partial charge is 0.125 e. The van der Waals surface area contributed by atoms with Gasteiger partial charge in [0.25, 0.3) is 0 Å². The summed E-state index contributed by atoms with van der Waals surface area (Å²) in [5.74, 6) is 0.815. The third-order valence-electron chi connectivity index (χ3n) is 2.55. The van der Waals surface area contributed by atoms with E-state index in [1.165, 1.54) is 0 Å². The van der Waals surface area contributed by atoms with Crippen LogP contribution in [0.3, 0.4) is 0 Å². The van der Waals surface area contributed by atoms with E-state index in [9.17, 15) is 0 Å². The highest BCUT2D eigenvalue weighted by Gasteiger charge is 2.07. The second-order valence-electron chi connectivity index (χ2n) is 3.73. The SMILES string of the molecule is Clc1cccc(OCc2ccccc2Br)c1CBr. The van der Waals surface area contributed by atoms with E-state index in [0.29, 0.717) is 11.9 Å². The molecule has 0 aliphatic rings. The number of rotatable bonds is 4. The molecular formula is C14H11Br2ClO. The molecule has 0 atom stereocenters. The van der Waals surface area contributed by atoms with Gasteiger partial charge in [-0.05, 0) is 18.2 Å². The third-order valence-corrected chi connectivity index (χ3v) is 4.24. The Morgan fingerprint density at radius 1 is 1.06 bits per heavy atom. The molecule has 0 heterocycles. The van der Waals surface area contributed by atoms with Crippen LogP contribution in [0.4, 0.5) is 0 Å². The Balaban J connectivity index is 2.16. The molecule has 94 valence electrons. The molecule has 2 rings (SSSR count). The van der Waals surface area contributed by atoms with Crippen LogP contribution in [0.2, 0.25) is 5.02 Å². The Kier molecular flexibility index (Phi) is 5.10. The maximum Gasteiger partial charge on any atom is 0.125 e. The highest BCUT2D eigenvalue weighted by molar-refractivity contribution is 9.10. The fourth-order valence-corrected chi connectivity index (χ4v) is 2.95. The van der Waals surface area contributed by atoms with Crippen molar-refractivity contribution in [3.8, 4) is 5.75 Å². The van der Waals surface area contributed by atoms with Crippen molar-refractivity contribution in [1.82, 2.24) is 0 Å². The van der Waals surface area contributed by atoms with E-state index < -0.39 is 0 Å². The molecule has 0 unspecified atom stereocenters. The van der Waals surface area contributed by atoms with Crippen molar-refractivity contribution in [3.05, 3.63) is 63.1 Å². The van der Waals surface area contributed by atoms with Gasteiger partial charge in [0.05, 0.1) is 0 Å². The number of ether oxygens (including phenoxy) is 1. The zero-order chi connectivity index (χ0) is 13.0. The summed E-state index contributed by atoms with van der Waals surface area (Å²) in [6, 6.07) is 13.7. The number of hydrogen-bond donors (Lipinski definition) is 0. The van der Waals surface area contributed by atoms with Crippen LogP contribution in [-0.4, -0.2) is 0 Å². The molecule has 1 nitrogen and oxygen atoms in total. The average Bonchev–Trinajstić information content (AvgIpc) is 2.38. The number of hydrogen-bond acceptors (Lipinski definition) is 1. The van der Waals surface area contributed by atoms with Gasteiger partial charge in [0, 0.05) is 26.0 Å². The van der Waals surface area contributed by atoms with Gasteiger partial charge < -0.3 is 4.74 Å². The van der Waals surface area contributed by atoms with Crippen molar-refractivity contribution >= 4 is 43.5 Å². The van der Waals surface area contributed by atoms with Gasteiger partial charge in [-0.3, -0.25) is 0 Å². The predicted octanol–water partition coefficient (Wildman–Crippen LogP) is 5.58. The van der Waals surface area contributed by atoms with E-state index in [1.54, 1.807) is 0 Å². The van der Waals surface area contributed by atoms with Crippen LogP contribution < -0.4 is 4.74 Å². The van der Waals surface area contributed by atoms with Crippen molar-refractivity contribution in [2.45, 2.75) is 11.9 Å². The lowest BCUT2D eigenvalue weighted by Gasteiger charge is -2.12. The molecule has 0 N–H and O–H groups in total. The van der Waals surface area contributed by atoms with Crippen LogP contribution in [0.25, 0.3) is 0 Å². The van der Waals surface area contributed by atoms with Crippen LogP contribution in [0.5, 0.6) is 5.75 Å². The highest BCUT2D eigenvalue weighted by Crippen LogP contribution is 2.29. The van der Waals surface area contributed by atoms with Crippen molar-refractivity contribution < 1.29 is 4.74 Å². The molecule has 0 saturated carbocycles. The fraction of sp³-hybridized carbons (Fsp3) is 0.143. The van der Waals surface area contributed by atoms with Crippen molar-refractivity contribution in [2.75, 3.05) is 0 Å². The van der Waals surface area contributed by atoms with Gasteiger partial charge in [0.2, 0.25) is 0 Å². The molecule has 0 spiro atoms. The quantitative estimate of drug-likeness (QED) is 0.620. The lowest BCUT2D eigenvalue weighted by atomic mass is 10.2. The standard InChI is InChI=1S/C14H11Br2ClO/c15-8-11-13(17)6-3-7-14(11)18-9-10-4-1-2-5-12(10)16/h1-7H,8-9H2. The molecule has 2 aromatic carbocycles. The van der Waals surface area contributed by atoms with E-state index in [4.69, 9.17) is 16.3 Å². The number of alkyl halides is 1. The fourth-order valence-electron chi connectivity index (χ4n) is 1.57. The Bertz CT molecular complexity index is 543. The molecule has 0 fully saturated rings. The largest absolute Gasteiger partial charge is 0.488 e. The van der Waals surface area contributed by atoms with E-state index in [2.05, 4.69) is 31.9 Å². The number of halogens is 3. The normalized spacial score (nSPS) is 10.4. The second kappa shape index (κ2) is 6.60. The molecule has 0 amide bonds. The summed E-state index contributed by atoms with van der Waals surface area (Å²) < 4.78 is 6.88. The minimum absolute atomic E-state index is 0.516. The summed E-state index contributed by atoms with van der Waals surface area (Å²) in [6.45, 7) is 0.516. The summed E-state index contributed by atoms with van der Waals surface area (Å²) in [5, 5.41) is 1.40. The zero-order valence-electron chi connectivity index (χ0n) is 9.50. The van der Waals surface area contributed by atoms with Crippen LogP contribution in [0.15, 0.2) is 46.9 Å². The van der Waals surface area contributed by atoms with Gasteiger partial charge in [0.1, 0.15) is 12.4 Å². The van der Waals surface area contributed by atoms with Crippen LogP contribution in [-0.2, 0) is 11.9 Å². The number of benzene rings is 2. The first-order valence-electron chi connectivity index (χ1n) is 5.42. The molecule has 0 aliphatic heterocycles. The minimum Gasteiger partial charge on any atom is -0.488 e. The summed E-state index contributed by atoms with van der Waals surface area (Å²) in [5.41, 5.74) is 2.09. The van der Waals surface area contributed by atoms with Crippen molar-refractivity contribution in [3.63, 3.8) is 0 Å². The molecular weight excluding hydrogens is 379 g/mol. The molecule has 18 heavy (non-hydrogen) atoms. The van der Waals surface area contributed by atoms with Crippen LogP contribution in [0.1, 0.15) is 11.1 Å². The van der Waals surface area contributed by atoms with Gasteiger partial charge in [-0.2, -0.15) is 0 Å². The monoisotopic (exact) mass is 388 g/mol. The lowest BCUT2D eigenvalue weighted by Crippen LogP contribution is -1.98. The molecule has 0 saturated heterocycles. The van der Waals surface area contributed by atoms with Crippen LogP contribution in [0, 0.1) is 0 Å². The van der Waals surface area contributed by atoms with Crippen molar-refractivity contribution in [2.24, 2.45) is 0 Å². The predicted molar refractivity (Wildman–Crippen MR) is 82.6 cm³/mol. The van der Waals surface area contributed by atoms with Gasteiger partial charge in [-0.15, -0.1) is 0 Å². The van der Waals surface area contributed by atoms with Gasteiger partial charge in [-0.1, -0.05) is 67.7 Å². The molecule has 2 aromatic rings. The van der Waals surface area contributed by atoms with E-state index in [0.717, 1.165) is 26.4 Å². The Morgan fingerprint density at radius 3 is 2.56 bits per heavy atom. The molecule has 0 aromatic heterocycles. The van der Waals surface area contributed by atoms with Gasteiger partial charge >= 0.3 is 0 Å². The highest BCUT2D eigenvalue weighted by atomic mass is 79.9. The summed E-state index contributed by atoms with van der Waals surface area (Å²) in [6.07, 6.45) is 0. The van der Waals surface area contributed by atoms with Gasteiger partial charge in [0.15, 0.2) is 0 Å². The first-order chi connectivity index (χ1) is 8.72. The topological polar surface area (TPSA) is 9.23 Å². The molecule has 0 radical (unpaired) electrons. The third kappa shape index (κ3) is 3.28. The molecule has 4 heteroatoms. The van der Waals surface area contributed by atoms with E-state index >= 15 is 0 Å². The summed E-state index contributed by atoms with van der Waals surface area (Å²) in [4.78, 5) is 0. The van der Waals surface area contributed by atoms with E-state index in [1.807, 2.05) is 42.5 Å². The Hall–Kier alpha value is -0.510. The maximum atomic E-state index is 6.12. The summed E-state index contributed by atoms with van der Waals surface area (Å²) >= 11 is 13.1. The van der Waals surface area contributed by atoms with Crippen molar-refractivity contribution in [1.29, 1.82) is 0 Å². The first kappa shape index (κ1) is 13.9. The second-order valence-corrected chi connectivity index (χ2v) is 5.55. The van der Waals surface area contributed by atoms with Gasteiger partial charge in [-0.25, -0.2) is 0 Å². The first-order valence-corrected chi connectivity index (χ1v) is 7.71. The lowest BCUT2D eigenvalue weighted by molar-refractivity contribution is 0.303. The molecule has 0 bridgehead atoms. The molecule has 0 aliphatic carbocycles. The maximum absolute atomic E-state index is 6.12. The Morgan fingerprint density at radius 2 is 1.83 bits per heavy atom. The Labute approximate surface area is 128 Å². The van der Waals surface area contributed by atoms with E-state index in [-0.39, 0.29) is 0 Å². The minimum atomic E-state index is 0.516. The van der Waals surface area contributed by atoms with Crippen LogP contribution >= 0.6 is 43.5 Å². The zero-order valence-corrected chi connectivity index (χ0v) is 13.4. The summed E-state index contributed by atoms with van der Waals surface area (Å²) in [7, 11) is 0. The average molecular weight is 391 g/mol.